The van der Waals surface area contributed by atoms with E-state index in [0.29, 0.717) is 17.5 Å². The molecule has 0 spiro atoms. The molecule has 0 unspecified atom stereocenters. The molecule has 1 aliphatic carbocycles. The highest BCUT2D eigenvalue weighted by Gasteiger charge is 2.45. The van der Waals surface area contributed by atoms with Gasteiger partial charge in [-0.3, -0.25) is 0 Å². The van der Waals surface area contributed by atoms with Crippen LogP contribution >= 0.6 is 11.3 Å². The molecule has 62 heavy (non-hydrogen) atoms. The van der Waals surface area contributed by atoms with Gasteiger partial charge in [0.25, 0.3) is 0 Å². The van der Waals surface area contributed by atoms with Gasteiger partial charge >= 0.3 is 0 Å². The lowest BCUT2D eigenvalue weighted by atomic mass is 9.67. The summed E-state index contributed by atoms with van der Waals surface area (Å²) in [6.45, 7) is 0. The molecule has 0 N–H and O–H groups in total. The van der Waals surface area contributed by atoms with Crippen LogP contribution in [0.25, 0.3) is 87.7 Å². The summed E-state index contributed by atoms with van der Waals surface area (Å²) < 4.78 is 2.50. The Kier molecular flexibility index (Phi) is 8.58. The van der Waals surface area contributed by atoms with Crippen LogP contribution in [0.1, 0.15) is 22.3 Å². The highest BCUT2D eigenvalue weighted by atomic mass is 32.1. The summed E-state index contributed by atoms with van der Waals surface area (Å²) >= 11 is 1.84. The van der Waals surface area contributed by atoms with Gasteiger partial charge < -0.3 is 0 Å². The van der Waals surface area contributed by atoms with E-state index in [-0.39, 0.29) is 0 Å². The van der Waals surface area contributed by atoms with Crippen LogP contribution in [-0.2, 0) is 5.41 Å². The minimum atomic E-state index is -0.476. The third kappa shape index (κ3) is 5.83. The molecule has 0 amide bonds. The lowest BCUT2D eigenvalue weighted by Crippen LogP contribution is -2.28. The molecule has 0 radical (unpaired) electrons. The normalized spacial score (nSPS) is 12.6. The minimum Gasteiger partial charge on any atom is -0.208 e. The standard InChI is InChI=1S/C58H37N3S/c1-4-16-38(17-5-1)41-20-14-21-42(36-41)46-26-15-27-49-50-37-43(32-35-53(50)62-54(46)49)57-60-55(39-18-6-2-7-19-39)59-56(61-57)40-30-33-45(34-31-40)58(44-22-8-3-9-23-44)51-28-12-10-24-47(51)48-25-11-13-29-52(48)58/h1-37H. The molecule has 0 saturated carbocycles. The highest BCUT2D eigenvalue weighted by molar-refractivity contribution is 7.26. The van der Waals surface area contributed by atoms with Crippen molar-refractivity contribution in [3.05, 3.63) is 247 Å². The number of rotatable bonds is 7. The molecule has 290 valence electrons. The molecule has 3 nitrogen and oxygen atoms in total. The molecule has 9 aromatic carbocycles. The number of hydrogen-bond acceptors (Lipinski definition) is 4. The van der Waals surface area contributed by atoms with Crippen molar-refractivity contribution >= 4 is 31.5 Å². The van der Waals surface area contributed by atoms with Crippen LogP contribution in [0.5, 0.6) is 0 Å². The predicted molar refractivity (Wildman–Crippen MR) is 257 cm³/mol. The first-order chi connectivity index (χ1) is 30.7. The second-order valence-electron chi connectivity index (χ2n) is 15.9. The van der Waals surface area contributed by atoms with Crippen LogP contribution in [0.2, 0.25) is 0 Å². The van der Waals surface area contributed by atoms with E-state index in [9.17, 15) is 0 Å². The molecule has 1 aliphatic rings. The highest BCUT2D eigenvalue weighted by Crippen LogP contribution is 2.56. The number of thiophene rings is 1. The number of aromatic nitrogens is 3. The number of nitrogens with zero attached hydrogens (tertiary/aromatic N) is 3. The molecule has 0 aliphatic heterocycles. The summed E-state index contributed by atoms with van der Waals surface area (Å²) in [5.41, 5.74) is 14.8. The molecule has 0 atom stereocenters. The van der Waals surface area contributed by atoms with E-state index in [0.717, 1.165) is 16.7 Å². The fourth-order valence-electron chi connectivity index (χ4n) is 9.59. The van der Waals surface area contributed by atoms with E-state index < -0.39 is 5.41 Å². The maximum absolute atomic E-state index is 5.23. The Hall–Kier alpha value is -7.79. The lowest BCUT2D eigenvalue weighted by molar-refractivity contribution is 0.768. The average molecular weight is 808 g/mol. The van der Waals surface area contributed by atoms with Crippen molar-refractivity contribution in [3.63, 3.8) is 0 Å². The molecular formula is C58H37N3S. The summed E-state index contributed by atoms with van der Waals surface area (Å²) in [4.78, 5) is 15.5. The number of hydrogen-bond donors (Lipinski definition) is 0. The number of benzene rings is 9. The van der Waals surface area contributed by atoms with Gasteiger partial charge in [-0.1, -0.05) is 200 Å². The first kappa shape index (κ1) is 36.1. The minimum absolute atomic E-state index is 0.476. The van der Waals surface area contributed by atoms with E-state index in [1.54, 1.807) is 0 Å². The Morgan fingerprint density at radius 2 is 0.790 bits per heavy atom. The fraction of sp³-hybridized carbons (Fsp3) is 0.0172. The monoisotopic (exact) mass is 807 g/mol. The maximum Gasteiger partial charge on any atom is 0.164 e. The third-order valence-corrected chi connectivity index (χ3v) is 13.7. The zero-order valence-electron chi connectivity index (χ0n) is 33.6. The van der Waals surface area contributed by atoms with Gasteiger partial charge in [0, 0.05) is 36.9 Å². The van der Waals surface area contributed by atoms with E-state index in [4.69, 9.17) is 15.0 Å². The largest absolute Gasteiger partial charge is 0.208 e. The SMILES string of the molecule is c1ccc(-c2cccc(-c3cccc4c3sc3ccc(-c5nc(-c6ccccc6)nc(-c6ccc(C7(c8ccccc8)c8ccccc8-c8ccccc87)cc6)n5)cc34)c2)cc1. The van der Waals surface area contributed by atoms with Crippen molar-refractivity contribution in [1.82, 2.24) is 15.0 Å². The van der Waals surface area contributed by atoms with Gasteiger partial charge in [-0.2, -0.15) is 0 Å². The fourth-order valence-corrected chi connectivity index (χ4v) is 10.8. The van der Waals surface area contributed by atoms with Crippen LogP contribution in [0.4, 0.5) is 0 Å². The molecule has 4 heteroatoms. The number of fused-ring (bicyclic) bond motifs is 6. The van der Waals surface area contributed by atoms with E-state index >= 15 is 0 Å². The molecular weight excluding hydrogens is 771 g/mol. The zero-order chi connectivity index (χ0) is 41.0. The first-order valence-corrected chi connectivity index (χ1v) is 21.8. The molecule has 2 aromatic heterocycles. The van der Waals surface area contributed by atoms with Gasteiger partial charge in [-0.25, -0.2) is 15.0 Å². The second kappa shape index (κ2) is 14.7. The Morgan fingerprint density at radius 3 is 1.47 bits per heavy atom. The summed E-state index contributed by atoms with van der Waals surface area (Å²) in [6, 6.07) is 80.5. The Labute approximate surface area is 364 Å². The van der Waals surface area contributed by atoms with Gasteiger partial charge in [-0.05, 0) is 79.9 Å². The zero-order valence-corrected chi connectivity index (χ0v) is 34.4. The lowest BCUT2D eigenvalue weighted by Gasteiger charge is -2.34. The van der Waals surface area contributed by atoms with Crippen LogP contribution in [0.3, 0.4) is 0 Å². The van der Waals surface area contributed by atoms with Crippen molar-refractivity contribution in [2.75, 3.05) is 0 Å². The van der Waals surface area contributed by atoms with Gasteiger partial charge in [0.2, 0.25) is 0 Å². The van der Waals surface area contributed by atoms with Gasteiger partial charge in [-0.15, -0.1) is 11.3 Å². The third-order valence-electron chi connectivity index (χ3n) is 12.4. The smallest absolute Gasteiger partial charge is 0.164 e. The Bertz CT molecular complexity index is 3400. The summed E-state index contributed by atoms with van der Waals surface area (Å²) in [7, 11) is 0. The predicted octanol–water partition coefficient (Wildman–Crippen LogP) is 14.9. The molecule has 0 fully saturated rings. The average Bonchev–Trinajstić information content (AvgIpc) is 3.88. The molecule has 11 aromatic rings. The Balaban J connectivity index is 0.979. The summed E-state index contributed by atoms with van der Waals surface area (Å²) in [5.74, 6) is 1.92. The van der Waals surface area contributed by atoms with E-state index in [2.05, 4.69) is 206 Å². The summed E-state index contributed by atoms with van der Waals surface area (Å²) in [6.07, 6.45) is 0. The van der Waals surface area contributed by atoms with Crippen molar-refractivity contribution in [3.8, 4) is 67.5 Å². The van der Waals surface area contributed by atoms with Crippen molar-refractivity contribution < 1.29 is 0 Å². The Morgan fingerprint density at radius 1 is 0.306 bits per heavy atom. The van der Waals surface area contributed by atoms with Crippen molar-refractivity contribution in [2.45, 2.75) is 5.41 Å². The quantitative estimate of drug-likeness (QED) is 0.161. The van der Waals surface area contributed by atoms with Crippen LogP contribution in [0.15, 0.2) is 224 Å². The molecule has 2 heterocycles. The topological polar surface area (TPSA) is 38.7 Å². The summed E-state index contributed by atoms with van der Waals surface area (Å²) in [5, 5.41) is 2.42. The second-order valence-corrected chi connectivity index (χ2v) is 17.0. The van der Waals surface area contributed by atoms with Crippen molar-refractivity contribution in [1.29, 1.82) is 0 Å². The molecule has 0 bridgehead atoms. The van der Waals surface area contributed by atoms with Gasteiger partial charge in [0.1, 0.15) is 0 Å². The maximum atomic E-state index is 5.23. The van der Waals surface area contributed by atoms with Crippen molar-refractivity contribution in [2.24, 2.45) is 0 Å². The molecule has 12 rings (SSSR count). The van der Waals surface area contributed by atoms with Gasteiger partial charge in [0.05, 0.1) is 5.41 Å². The van der Waals surface area contributed by atoms with Crippen LogP contribution in [0, 0.1) is 0 Å². The van der Waals surface area contributed by atoms with Gasteiger partial charge in [0.15, 0.2) is 17.5 Å². The van der Waals surface area contributed by atoms with Crippen LogP contribution < -0.4 is 0 Å². The molecule has 0 saturated heterocycles. The first-order valence-electron chi connectivity index (χ1n) is 21.0. The van der Waals surface area contributed by atoms with Crippen LogP contribution in [-0.4, -0.2) is 15.0 Å². The van der Waals surface area contributed by atoms with E-state index in [1.165, 1.54) is 75.8 Å². The van der Waals surface area contributed by atoms with E-state index in [1.807, 2.05) is 29.5 Å².